The van der Waals surface area contributed by atoms with Gasteiger partial charge in [0.05, 0.1) is 19.6 Å². The minimum absolute atomic E-state index is 0.0795. The van der Waals surface area contributed by atoms with E-state index in [4.69, 9.17) is 9.47 Å². The molecule has 1 N–H and O–H groups in total. The summed E-state index contributed by atoms with van der Waals surface area (Å²) in [4.78, 5) is 13.0. The molecule has 4 heteroatoms. The number of amides is 1. The third-order valence-electron chi connectivity index (χ3n) is 5.42. The summed E-state index contributed by atoms with van der Waals surface area (Å²) in [5, 5.41) is 3.10. The first kappa shape index (κ1) is 19.3. The Hall–Kier alpha value is -2.49. The normalized spacial score (nSPS) is 15.1. The van der Waals surface area contributed by atoms with Crippen molar-refractivity contribution in [3.63, 3.8) is 0 Å². The molecule has 27 heavy (non-hydrogen) atoms. The number of benzene rings is 2. The average molecular weight is 367 g/mol. The highest BCUT2D eigenvalue weighted by atomic mass is 16.5. The molecule has 1 aliphatic carbocycles. The van der Waals surface area contributed by atoms with Gasteiger partial charge in [0.15, 0.2) is 0 Å². The zero-order chi connectivity index (χ0) is 19.7. The highest BCUT2D eigenvalue weighted by molar-refractivity contribution is 5.91. The molecule has 0 unspecified atom stereocenters. The first-order chi connectivity index (χ1) is 12.8. The van der Waals surface area contributed by atoms with Crippen molar-refractivity contribution in [3.8, 4) is 11.5 Å². The minimum Gasteiger partial charge on any atom is -0.497 e. The maximum Gasteiger partial charge on any atom is 0.230 e. The lowest BCUT2D eigenvalue weighted by molar-refractivity contribution is -0.123. The Balaban J connectivity index is 1.73. The molecule has 0 atom stereocenters. The Kier molecular flexibility index (Phi) is 5.18. The van der Waals surface area contributed by atoms with Crippen LogP contribution in [0.3, 0.4) is 0 Å². The van der Waals surface area contributed by atoms with Gasteiger partial charge in [-0.2, -0.15) is 0 Å². The Morgan fingerprint density at radius 3 is 2.22 bits per heavy atom. The Labute approximate surface area is 161 Å². The fourth-order valence-electron chi connectivity index (χ4n) is 3.43. The number of rotatable bonds is 6. The molecule has 1 saturated carbocycles. The first-order valence-electron chi connectivity index (χ1n) is 9.40. The van der Waals surface area contributed by atoms with E-state index in [9.17, 15) is 4.79 Å². The maximum absolute atomic E-state index is 13.0. The van der Waals surface area contributed by atoms with E-state index < -0.39 is 0 Å². The molecule has 1 aliphatic rings. The number of methoxy groups -OCH3 is 2. The molecule has 0 aromatic heterocycles. The molecule has 0 aliphatic heterocycles. The summed E-state index contributed by atoms with van der Waals surface area (Å²) in [6.45, 7) is 7.01. The van der Waals surface area contributed by atoms with Crippen LogP contribution in [-0.4, -0.2) is 20.1 Å². The fraction of sp³-hybridized carbons (Fsp3) is 0.435. The van der Waals surface area contributed by atoms with Crippen molar-refractivity contribution >= 4 is 5.91 Å². The smallest absolute Gasteiger partial charge is 0.230 e. The molecule has 1 fully saturated rings. The van der Waals surface area contributed by atoms with Gasteiger partial charge in [-0.1, -0.05) is 45.0 Å². The third-order valence-corrected chi connectivity index (χ3v) is 5.42. The first-order valence-corrected chi connectivity index (χ1v) is 9.40. The zero-order valence-corrected chi connectivity index (χ0v) is 16.9. The van der Waals surface area contributed by atoms with Gasteiger partial charge in [0.2, 0.25) is 5.91 Å². The average Bonchev–Trinajstić information content (AvgIpc) is 3.47. The quantitative estimate of drug-likeness (QED) is 0.826. The summed E-state index contributed by atoms with van der Waals surface area (Å²) in [5.41, 5.74) is 3.02. The Morgan fingerprint density at radius 1 is 1.04 bits per heavy atom. The topological polar surface area (TPSA) is 47.6 Å². The van der Waals surface area contributed by atoms with Crippen LogP contribution in [0.5, 0.6) is 11.5 Å². The highest BCUT2D eigenvalue weighted by Crippen LogP contribution is 2.48. The van der Waals surface area contributed by atoms with Crippen LogP contribution in [0.2, 0.25) is 0 Å². The van der Waals surface area contributed by atoms with Crippen LogP contribution in [-0.2, 0) is 22.2 Å². The lowest BCUT2D eigenvalue weighted by Crippen LogP contribution is -2.34. The van der Waals surface area contributed by atoms with Crippen molar-refractivity contribution in [1.82, 2.24) is 5.32 Å². The molecule has 0 heterocycles. The van der Waals surface area contributed by atoms with Gasteiger partial charge in [-0.05, 0) is 47.6 Å². The molecule has 4 nitrogen and oxygen atoms in total. The van der Waals surface area contributed by atoms with Gasteiger partial charge in [0.25, 0.3) is 0 Å². The standard InChI is InChI=1S/C23H29NO3/c1-22(2,3)17-6-8-18(9-7-17)23(12-13-23)21(25)24-15-16-14-19(26-4)10-11-20(16)27-5/h6-11,14H,12-13,15H2,1-5H3,(H,24,25). The van der Waals surface area contributed by atoms with Crippen LogP contribution in [0.4, 0.5) is 0 Å². The van der Waals surface area contributed by atoms with E-state index in [-0.39, 0.29) is 16.7 Å². The highest BCUT2D eigenvalue weighted by Gasteiger charge is 2.51. The van der Waals surface area contributed by atoms with Crippen molar-refractivity contribution in [2.75, 3.05) is 14.2 Å². The molecule has 144 valence electrons. The van der Waals surface area contributed by atoms with Crippen molar-refractivity contribution in [3.05, 3.63) is 59.2 Å². The van der Waals surface area contributed by atoms with Gasteiger partial charge in [-0.3, -0.25) is 4.79 Å². The second-order valence-electron chi connectivity index (χ2n) is 8.27. The summed E-state index contributed by atoms with van der Waals surface area (Å²) in [6.07, 6.45) is 1.78. The summed E-state index contributed by atoms with van der Waals surface area (Å²) in [5.74, 6) is 1.57. The van der Waals surface area contributed by atoms with E-state index in [2.05, 4.69) is 50.4 Å². The molecular weight excluding hydrogens is 338 g/mol. The van der Waals surface area contributed by atoms with E-state index in [1.54, 1.807) is 14.2 Å². The predicted molar refractivity (Wildman–Crippen MR) is 107 cm³/mol. The zero-order valence-electron chi connectivity index (χ0n) is 16.9. The third kappa shape index (κ3) is 3.95. The van der Waals surface area contributed by atoms with Crippen molar-refractivity contribution < 1.29 is 14.3 Å². The van der Waals surface area contributed by atoms with Crippen LogP contribution in [0.1, 0.15) is 50.3 Å². The number of ether oxygens (including phenoxy) is 2. The van der Waals surface area contributed by atoms with Crippen LogP contribution < -0.4 is 14.8 Å². The molecule has 0 saturated heterocycles. The summed E-state index contributed by atoms with van der Waals surface area (Å²) < 4.78 is 10.7. The van der Waals surface area contributed by atoms with Gasteiger partial charge < -0.3 is 14.8 Å². The van der Waals surface area contributed by atoms with E-state index >= 15 is 0 Å². The number of carbonyl (C=O) groups is 1. The number of hydrogen-bond donors (Lipinski definition) is 1. The summed E-state index contributed by atoms with van der Waals surface area (Å²) in [6, 6.07) is 14.1. The lowest BCUT2D eigenvalue weighted by atomic mass is 9.85. The number of hydrogen-bond acceptors (Lipinski definition) is 3. The van der Waals surface area contributed by atoms with Gasteiger partial charge in [-0.15, -0.1) is 0 Å². The predicted octanol–water partition coefficient (Wildman–Crippen LogP) is 4.35. The second kappa shape index (κ2) is 7.26. The molecule has 2 aromatic rings. The van der Waals surface area contributed by atoms with E-state index in [0.29, 0.717) is 6.54 Å². The maximum atomic E-state index is 13.0. The molecule has 0 spiro atoms. The van der Waals surface area contributed by atoms with E-state index in [1.807, 2.05) is 18.2 Å². The van der Waals surface area contributed by atoms with Gasteiger partial charge in [0.1, 0.15) is 11.5 Å². The summed E-state index contributed by atoms with van der Waals surface area (Å²) in [7, 11) is 3.26. The summed E-state index contributed by atoms with van der Waals surface area (Å²) >= 11 is 0. The number of carbonyl (C=O) groups excluding carboxylic acids is 1. The molecule has 0 bridgehead atoms. The van der Waals surface area contributed by atoms with Gasteiger partial charge in [-0.25, -0.2) is 0 Å². The lowest BCUT2D eigenvalue weighted by Gasteiger charge is -2.21. The van der Waals surface area contributed by atoms with Crippen LogP contribution in [0, 0.1) is 0 Å². The minimum atomic E-state index is -0.386. The van der Waals surface area contributed by atoms with Gasteiger partial charge in [0, 0.05) is 12.1 Å². The molecule has 2 aromatic carbocycles. The Morgan fingerprint density at radius 2 is 1.70 bits per heavy atom. The van der Waals surface area contributed by atoms with Crippen molar-refractivity contribution in [1.29, 1.82) is 0 Å². The van der Waals surface area contributed by atoms with E-state index in [0.717, 1.165) is 35.5 Å². The molecule has 1 amide bonds. The number of nitrogens with one attached hydrogen (secondary N) is 1. The van der Waals surface area contributed by atoms with Crippen LogP contribution in [0.15, 0.2) is 42.5 Å². The monoisotopic (exact) mass is 367 g/mol. The largest absolute Gasteiger partial charge is 0.497 e. The van der Waals surface area contributed by atoms with Crippen molar-refractivity contribution in [2.45, 2.75) is 51.0 Å². The molecular formula is C23H29NO3. The van der Waals surface area contributed by atoms with Gasteiger partial charge >= 0.3 is 0 Å². The van der Waals surface area contributed by atoms with Crippen molar-refractivity contribution in [2.24, 2.45) is 0 Å². The molecule has 0 radical (unpaired) electrons. The Bertz CT molecular complexity index is 815. The van der Waals surface area contributed by atoms with E-state index in [1.165, 1.54) is 5.56 Å². The SMILES string of the molecule is COc1ccc(OC)c(CNC(=O)C2(c3ccc(C(C)(C)C)cc3)CC2)c1. The fourth-order valence-corrected chi connectivity index (χ4v) is 3.43. The van der Waals surface area contributed by atoms with Crippen LogP contribution in [0.25, 0.3) is 0 Å². The second-order valence-corrected chi connectivity index (χ2v) is 8.27. The van der Waals surface area contributed by atoms with Crippen LogP contribution >= 0.6 is 0 Å². The molecule has 3 rings (SSSR count).